The smallest absolute Gasteiger partial charge is 0.339 e. The second kappa shape index (κ2) is 10.7. The van der Waals surface area contributed by atoms with Crippen LogP contribution in [-0.4, -0.2) is 29.5 Å². The maximum atomic E-state index is 13.2. The van der Waals surface area contributed by atoms with Gasteiger partial charge in [0.1, 0.15) is 5.75 Å². The van der Waals surface area contributed by atoms with E-state index in [0.717, 1.165) is 11.1 Å². The summed E-state index contributed by atoms with van der Waals surface area (Å²) in [4.78, 5) is 26.1. The Kier molecular flexibility index (Phi) is 7.78. The number of carbonyl (C=O) groups excluding carboxylic acids is 2. The average Bonchev–Trinajstić information content (AvgIpc) is 2.77. The van der Waals surface area contributed by atoms with Gasteiger partial charge in [-0.1, -0.05) is 48.5 Å². The lowest BCUT2D eigenvalue weighted by molar-refractivity contribution is -0.125. The van der Waals surface area contributed by atoms with Crippen LogP contribution in [0.25, 0.3) is 0 Å². The molecule has 32 heavy (non-hydrogen) atoms. The number of hydrogen-bond acceptors (Lipinski definition) is 5. The highest BCUT2D eigenvalue weighted by atomic mass is 32.2. The predicted molar refractivity (Wildman–Crippen MR) is 125 cm³/mol. The predicted octanol–water partition coefficient (Wildman–Crippen LogP) is 4.42. The molecule has 0 aliphatic rings. The van der Waals surface area contributed by atoms with E-state index in [9.17, 15) is 13.8 Å². The Bertz CT molecular complexity index is 1130. The SMILES string of the molecule is COc1ccc(C)cc1NC(=O)C(OC(=O)c1cccc(CS(C)=O)c1)c1ccccc1. The molecule has 2 atom stereocenters. The molecular formula is C25H25NO5S. The van der Waals surface area contributed by atoms with Crippen LogP contribution >= 0.6 is 0 Å². The van der Waals surface area contributed by atoms with Gasteiger partial charge in [0.05, 0.1) is 18.4 Å². The van der Waals surface area contributed by atoms with Crippen LogP contribution in [0.2, 0.25) is 0 Å². The number of nitrogens with one attached hydrogen (secondary N) is 1. The molecule has 0 radical (unpaired) electrons. The molecule has 3 aromatic carbocycles. The number of anilines is 1. The number of hydrogen-bond donors (Lipinski definition) is 1. The third kappa shape index (κ3) is 6.04. The van der Waals surface area contributed by atoms with Crippen LogP contribution in [0.1, 0.15) is 33.2 Å². The first kappa shape index (κ1) is 23.2. The number of aryl methyl sites for hydroxylation is 1. The van der Waals surface area contributed by atoms with Crippen molar-refractivity contribution in [2.45, 2.75) is 18.8 Å². The van der Waals surface area contributed by atoms with Gasteiger partial charge < -0.3 is 14.8 Å². The van der Waals surface area contributed by atoms with E-state index in [1.807, 2.05) is 19.1 Å². The number of benzene rings is 3. The van der Waals surface area contributed by atoms with E-state index in [1.165, 1.54) is 7.11 Å². The van der Waals surface area contributed by atoms with Gasteiger partial charge in [0, 0.05) is 28.4 Å². The minimum Gasteiger partial charge on any atom is -0.495 e. The fraction of sp³-hybridized carbons (Fsp3) is 0.200. The van der Waals surface area contributed by atoms with Crippen LogP contribution in [0.4, 0.5) is 5.69 Å². The Morgan fingerprint density at radius 2 is 1.75 bits per heavy atom. The maximum absolute atomic E-state index is 13.2. The number of esters is 1. The number of methoxy groups -OCH3 is 1. The molecule has 1 N–H and O–H groups in total. The lowest BCUT2D eigenvalue weighted by Crippen LogP contribution is -2.26. The summed E-state index contributed by atoms with van der Waals surface area (Å²) in [5.41, 5.74) is 3.01. The largest absolute Gasteiger partial charge is 0.495 e. The normalized spacial score (nSPS) is 12.5. The molecule has 1 amide bonds. The molecule has 0 bridgehead atoms. The number of rotatable bonds is 8. The summed E-state index contributed by atoms with van der Waals surface area (Å²) in [6.07, 6.45) is 0.429. The minimum absolute atomic E-state index is 0.287. The molecule has 0 spiro atoms. The van der Waals surface area contributed by atoms with Crippen molar-refractivity contribution in [3.63, 3.8) is 0 Å². The summed E-state index contributed by atoms with van der Waals surface area (Å²) in [5.74, 6) is -0.313. The molecule has 0 aromatic heterocycles. The van der Waals surface area contributed by atoms with Gasteiger partial charge in [0.25, 0.3) is 5.91 Å². The van der Waals surface area contributed by atoms with Gasteiger partial charge in [-0.25, -0.2) is 4.79 Å². The van der Waals surface area contributed by atoms with Gasteiger partial charge in [-0.2, -0.15) is 0 Å². The number of ether oxygens (including phenoxy) is 2. The van der Waals surface area contributed by atoms with Crippen molar-refractivity contribution >= 4 is 28.4 Å². The van der Waals surface area contributed by atoms with E-state index >= 15 is 0 Å². The Hall–Kier alpha value is -3.45. The van der Waals surface area contributed by atoms with Crippen LogP contribution in [0, 0.1) is 6.92 Å². The first-order valence-corrected chi connectivity index (χ1v) is 11.7. The Morgan fingerprint density at radius 1 is 1.00 bits per heavy atom. The van der Waals surface area contributed by atoms with Crippen molar-refractivity contribution in [2.75, 3.05) is 18.7 Å². The highest BCUT2D eigenvalue weighted by Gasteiger charge is 2.26. The molecule has 0 heterocycles. The van der Waals surface area contributed by atoms with Gasteiger partial charge in [0.2, 0.25) is 6.10 Å². The molecule has 3 aromatic rings. The fourth-order valence-electron chi connectivity index (χ4n) is 3.22. The van der Waals surface area contributed by atoms with Gasteiger partial charge in [-0.15, -0.1) is 0 Å². The summed E-state index contributed by atoms with van der Waals surface area (Å²) in [5, 5.41) is 2.81. The lowest BCUT2D eigenvalue weighted by Gasteiger charge is -2.19. The van der Waals surface area contributed by atoms with Gasteiger partial charge in [-0.3, -0.25) is 9.00 Å². The molecule has 7 heteroatoms. The summed E-state index contributed by atoms with van der Waals surface area (Å²) in [7, 11) is 0.477. The molecule has 3 rings (SSSR count). The van der Waals surface area contributed by atoms with Gasteiger partial charge in [-0.05, 0) is 42.3 Å². The average molecular weight is 452 g/mol. The molecular weight excluding hydrogens is 426 g/mol. The topological polar surface area (TPSA) is 81.7 Å². The summed E-state index contributed by atoms with van der Waals surface area (Å²) in [6, 6.07) is 21.0. The highest BCUT2D eigenvalue weighted by molar-refractivity contribution is 7.83. The molecule has 0 saturated heterocycles. The van der Waals surface area contributed by atoms with E-state index < -0.39 is 28.8 Å². The van der Waals surface area contributed by atoms with Crippen molar-refractivity contribution in [3.05, 3.63) is 95.1 Å². The quantitative estimate of drug-likeness (QED) is 0.513. The zero-order valence-electron chi connectivity index (χ0n) is 18.2. The zero-order valence-corrected chi connectivity index (χ0v) is 19.0. The molecule has 2 unspecified atom stereocenters. The molecule has 6 nitrogen and oxygen atoms in total. The number of carbonyl (C=O) groups is 2. The fourth-order valence-corrected chi connectivity index (χ4v) is 3.87. The van der Waals surface area contributed by atoms with Crippen molar-refractivity contribution in [1.29, 1.82) is 0 Å². The molecule has 166 valence electrons. The monoisotopic (exact) mass is 451 g/mol. The second-order valence-corrected chi connectivity index (χ2v) is 8.74. The summed E-state index contributed by atoms with van der Waals surface area (Å²) in [6.45, 7) is 1.90. The van der Waals surface area contributed by atoms with E-state index in [2.05, 4.69) is 5.32 Å². The third-order valence-corrected chi connectivity index (χ3v) is 5.45. The van der Waals surface area contributed by atoms with E-state index in [4.69, 9.17) is 9.47 Å². The minimum atomic E-state index is -1.17. The Morgan fingerprint density at radius 3 is 2.44 bits per heavy atom. The number of amides is 1. The van der Waals surface area contributed by atoms with Gasteiger partial charge >= 0.3 is 5.97 Å². The molecule has 0 saturated carbocycles. The van der Waals surface area contributed by atoms with Gasteiger partial charge in [0.15, 0.2) is 0 Å². The van der Waals surface area contributed by atoms with Crippen LogP contribution in [0.15, 0.2) is 72.8 Å². The summed E-state index contributed by atoms with van der Waals surface area (Å²) >= 11 is 0. The first-order chi connectivity index (χ1) is 15.4. The highest BCUT2D eigenvalue weighted by Crippen LogP contribution is 2.28. The van der Waals surface area contributed by atoms with Crippen molar-refractivity contribution in [3.8, 4) is 5.75 Å². The van der Waals surface area contributed by atoms with E-state index in [-0.39, 0.29) is 5.56 Å². The van der Waals surface area contributed by atoms with Crippen LogP contribution < -0.4 is 10.1 Å². The molecule has 0 fully saturated rings. The van der Waals surface area contributed by atoms with E-state index in [1.54, 1.807) is 66.9 Å². The molecule has 0 aliphatic heterocycles. The van der Waals surface area contributed by atoms with E-state index in [0.29, 0.717) is 22.8 Å². The maximum Gasteiger partial charge on any atom is 0.339 e. The van der Waals surface area contributed by atoms with Crippen LogP contribution in [-0.2, 0) is 26.1 Å². The second-order valence-electron chi connectivity index (χ2n) is 7.31. The summed E-state index contributed by atoms with van der Waals surface area (Å²) < 4.78 is 22.5. The molecule has 0 aliphatic carbocycles. The van der Waals surface area contributed by atoms with Crippen molar-refractivity contribution in [2.24, 2.45) is 0 Å². The van der Waals surface area contributed by atoms with Crippen molar-refractivity contribution in [1.82, 2.24) is 0 Å². The lowest BCUT2D eigenvalue weighted by atomic mass is 10.1. The first-order valence-electron chi connectivity index (χ1n) is 9.98. The van der Waals surface area contributed by atoms with Crippen molar-refractivity contribution < 1.29 is 23.3 Å². The van der Waals surface area contributed by atoms with Crippen LogP contribution in [0.5, 0.6) is 5.75 Å². The van der Waals surface area contributed by atoms with Crippen LogP contribution in [0.3, 0.4) is 0 Å². The Labute approximate surface area is 190 Å². The Balaban J connectivity index is 1.87. The standard InChI is InChI=1S/C25H25NO5S/c1-17-12-13-22(30-2)21(14-17)26-24(27)23(19-9-5-4-6-10-19)31-25(28)20-11-7-8-18(15-20)16-32(3)29/h4-15,23H,16H2,1-3H3,(H,26,27). The zero-order chi connectivity index (χ0) is 23.1. The third-order valence-electron chi connectivity index (χ3n) is 4.71.